The molecule has 2 atom stereocenters. The predicted octanol–water partition coefficient (Wildman–Crippen LogP) is 2.22. The maximum absolute atomic E-state index is 11.2. The van der Waals surface area contributed by atoms with Gasteiger partial charge in [-0.25, -0.2) is 0 Å². The first kappa shape index (κ1) is 11.3. The normalized spacial score (nSPS) is 28.1. The van der Waals surface area contributed by atoms with Gasteiger partial charge >= 0.3 is 0 Å². The summed E-state index contributed by atoms with van der Waals surface area (Å²) in [5.74, 6) is 0.119. The third-order valence-corrected chi connectivity index (χ3v) is 4.48. The minimum atomic E-state index is -0.147. The molecule has 1 aliphatic heterocycles. The van der Waals surface area contributed by atoms with Crippen molar-refractivity contribution >= 4 is 6.41 Å². The summed E-state index contributed by atoms with van der Waals surface area (Å²) in [7, 11) is 0. The topological polar surface area (TPSA) is 44.1 Å². The number of rotatable bonds is 2. The lowest BCUT2D eigenvalue weighted by molar-refractivity contribution is -0.119. The van der Waals surface area contributed by atoms with Crippen LogP contribution in [0.25, 0.3) is 0 Å². The predicted molar refractivity (Wildman–Crippen MR) is 67.8 cm³/mol. The second kappa shape index (κ2) is 3.84. The Morgan fingerprint density at radius 2 is 2.06 bits per heavy atom. The number of carbonyl (C=O) groups is 1. The first-order chi connectivity index (χ1) is 8.71. The lowest BCUT2D eigenvalue weighted by Crippen LogP contribution is -2.33. The molecule has 1 aromatic carbocycles. The average Bonchev–Trinajstić information content (AvgIpc) is 3.09. The third kappa shape index (κ3) is 1.45. The summed E-state index contributed by atoms with van der Waals surface area (Å²) >= 11 is 0. The van der Waals surface area contributed by atoms with Gasteiger partial charge in [-0.2, -0.15) is 5.26 Å². The monoisotopic (exact) mass is 240 g/mol. The molecule has 3 rings (SSSR count). The van der Waals surface area contributed by atoms with Crippen LogP contribution in [0.4, 0.5) is 0 Å². The smallest absolute Gasteiger partial charge is 0.210 e. The second-order valence-electron chi connectivity index (χ2n) is 5.49. The third-order valence-electron chi connectivity index (χ3n) is 4.48. The van der Waals surface area contributed by atoms with Crippen molar-refractivity contribution in [2.45, 2.75) is 31.2 Å². The molecule has 1 saturated carbocycles. The van der Waals surface area contributed by atoms with Gasteiger partial charge in [-0.1, -0.05) is 29.8 Å². The molecule has 92 valence electrons. The molecule has 3 nitrogen and oxygen atoms in total. The van der Waals surface area contributed by atoms with Crippen LogP contribution in [0, 0.1) is 24.2 Å². The van der Waals surface area contributed by atoms with Crippen molar-refractivity contribution in [1.29, 1.82) is 5.26 Å². The molecule has 1 spiro atoms. The van der Waals surface area contributed by atoms with Gasteiger partial charge < -0.3 is 4.90 Å². The summed E-state index contributed by atoms with van der Waals surface area (Å²) in [6, 6.07) is 10.8. The van der Waals surface area contributed by atoms with Crippen LogP contribution < -0.4 is 0 Å². The van der Waals surface area contributed by atoms with Gasteiger partial charge in [0.15, 0.2) is 0 Å². The summed E-state index contributed by atoms with van der Waals surface area (Å²) in [5.41, 5.74) is 2.26. The van der Waals surface area contributed by atoms with Crippen LogP contribution in [0.1, 0.15) is 29.9 Å². The number of hydrogen-bond acceptors (Lipinski definition) is 2. The van der Waals surface area contributed by atoms with E-state index >= 15 is 0 Å². The quantitative estimate of drug-likeness (QED) is 0.744. The number of benzene rings is 1. The second-order valence-corrected chi connectivity index (χ2v) is 5.49. The minimum Gasteiger partial charge on any atom is -0.338 e. The first-order valence-corrected chi connectivity index (χ1v) is 6.39. The Bertz CT molecular complexity index is 510. The van der Waals surface area contributed by atoms with E-state index in [1.807, 2.05) is 4.90 Å². The van der Waals surface area contributed by atoms with Crippen LogP contribution in [0.2, 0.25) is 0 Å². The summed E-state index contributed by atoms with van der Waals surface area (Å²) < 4.78 is 0. The van der Waals surface area contributed by atoms with Gasteiger partial charge in [0.05, 0.1) is 17.5 Å². The summed E-state index contributed by atoms with van der Waals surface area (Å²) in [4.78, 5) is 13.0. The van der Waals surface area contributed by atoms with E-state index in [-0.39, 0.29) is 17.4 Å². The van der Waals surface area contributed by atoms with E-state index < -0.39 is 0 Å². The molecular formula is C15H16N2O. The van der Waals surface area contributed by atoms with Crippen LogP contribution in [0.3, 0.4) is 0 Å². The van der Waals surface area contributed by atoms with Crippen LogP contribution in [-0.2, 0) is 4.79 Å². The molecule has 0 N–H and O–H groups in total. The molecule has 18 heavy (non-hydrogen) atoms. The Morgan fingerprint density at radius 3 is 2.56 bits per heavy atom. The Kier molecular flexibility index (Phi) is 2.41. The minimum absolute atomic E-state index is 0.0505. The Balaban J connectivity index is 1.96. The van der Waals surface area contributed by atoms with Crippen molar-refractivity contribution in [3.63, 3.8) is 0 Å². The van der Waals surface area contributed by atoms with Crippen molar-refractivity contribution in [2.75, 3.05) is 6.54 Å². The van der Waals surface area contributed by atoms with Gasteiger partial charge in [0, 0.05) is 12.5 Å². The zero-order chi connectivity index (χ0) is 12.8. The number of carbonyl (C=O) groups excluding carboxylic acids is 1. The molecule has 2 fully saturated rings. The number of hydrogen-bond donors (Lipinski definition) is 0. The molecule has 0 aromatic heterocycles. The number of likely N-dealkylation sites (tertiary alicyclic amines) is 1. The van der Waals surface area contributed by atoms with Gasteiger partial charge in [-0.15, -0.1) is 0 Å². The Hall–Kier alpha value is -1.82. The molecule has 1 amide bonds. The van der Waals surface area contributed by atoms with Crippen molar-refractivity contribution in [3.05, 3.63) is 35.4 Å². The Morgan fingerprint density at radius 1 is 1.39 bits per heavy atom. The van der Waals surface area contributed by atoms with E-state index in [1.165, 1.54) is 11.1 Å². The van der Waals surface area contributed by atoms with Crippen molar-refractivity contribution < 1.29 is 4.79 Å². The van der Waals surface area contributed by atoms with Gasteiger partial charge in [0.1, 0.15) is 0 Å². The fraction of sp³-hybridized carbons (Fsp3) is 0.467. The zero-order valence-corrected chi connectivity index (χ0v) is 10.5. The molecule has 2 aliphatic rings. The van der Waals surface area contributed by atoms with E-state index in [9.17, 15) is 10.1 Å². The lowest BCUT2D eigenvalue weighted by Gasteiger charge is -2.20. The van der Waals surface area contributed by atoms with E-state index in [4.69, 9.17) is 0 Å². The fourth-order valence-corrected chi connectivity index (χ4v) is 3.25. The summed E-state index contributed by atoms with van der Waals surface area (Å²) in [6.45, 7) is 2.74. The highest BCUT2D eigenvalue weighted by molar-refractivity contribution is 5.54. The highest BCUT2D eigenvalue weighted by Crippen LogP contribution is 2.56. The van der Waals surface area contributed by atoms with Crippen molar-refractivity contribution in [1.82, 2.24) is 4.90 Å². The number of aryl methyl sites for hydroxylation is 1. The molecule has 1 aromatic rings. The number of nitriles is 1. The van der Waals surface area contributed by atoms with E-state index in [1.54, 1.807) is 0 Å². The van der Waals surface area contributed by atoms with Crippen molar-refractivity contribution in [3.8, 4) is 6.07 Å². The van der Waals surface area contributed by atoms with E-state index in [0.717, 1.165) is 19.3 Å². The van der Waals surface area contributed by atoms with E-state index in [2.05, 4.69) is 37.3 Å². The Labute approximate surface area is 107 Å². The largest absolute Gasteiger partial charge is 0.338 e. The summed E-state index contributed by atoms with van der Waals surface area (Å²) in [6.07, 6.45) is 2.88. The molecule has 1 saturated heterocycles. The highest BCUT2D eigenvalue weighted by Gasteiger charge is 2.61. The standard InChI is InChI=1S/C15H16N2O/c1-11-2-4-12(5-3-11)13-9-17(10-18)15(6-7-15)14(13)8-16/h2-5,10,13-14H,6-7,9H2,1H3. The van der Waals surface area contributed by atoms with E-state index in [0.29, 0.717) is 6.54 Å². The van der Waals surface area contributed by atoms with Crippen molar-refractivity contribution in [2.24, 2.45) is 5.92 Å². The molecule has 0 radical (unpaired) electrons. The summed E-state index contributed by atoms with van der Waals surface area (Å²) in [5, 5.41) is 9.45. The van der Waals surface area contributed by atoms with Gasteiger partial charge in [-0.05, 0) is 25.3 Å². The number of amides is 1. The molecule has 1 aliphatic carbocycles. The molecule has 0 bridgehead atoms. The maximum atomic E-state index is 11.2. The van der Waals surface area contributed by atoms with Crippen LogP contribution in [0.15, 0.2) is 24.3 Å². The molecular weight excluding hydrogens is 224 g/mol. The van der Waals surface area contributed by atoms with Crippen LogP contribution >= 0.6 is 0 Å². The van der Waals surface area contributed by atoms with Gasteiger partial charge in [-0.3, -0.25) is 4.79 Å². The fourth-order valence-electron chi connectivity index (χ4n) is 3.25. The first-order valence-electron chi connectivity index (χ1n) is 6.39. The lowest BCUT2D eigenvalue weighted by atomic mass is 9.85. The SMILES string of the molecule is Cc1ccc(C2CN(C=O)C3(CC3)C2C#N)cc1. The number of nitrogens with zero attached hydrogens (tertiary/aromatic N) is 2. The maximum Gasteiger partial charge on any atom is 0.210 e. The van der Waals surface area contributed by atoms with Gasteiger partial charge in [0.25, 0.3) is 0 Å². The van der Waals surface area contributed by atoms with Gasteiger partial charge in [0.2, 0.25) is 6.41 Å². The van der Waals surface area contributed by atoms with Crippen LogP contribution in [0.5, 0.6) is 0 Å². The van der Waals surface area contributed by atoms with Crippen LogP contribution in [-0.4, -0.2) is 23.4 Å². The molecule has 3 heteroatoms. The highest BCUT2D eigenvalue weighted by atomic mass is 16.1. The molecule has 1 heterocycles. The molecule has 2 unspecified atom stereocenters. The zero-order valence-electron chi connectivity index (χ0n) is 10.5. The average molecular weight is 240 g/mol.